The molecule has 2 nitrogen and oxygen atoms in total. The molecule has 0 atom stereocenters. The second-order valence-electron chi connectivity index (χ2n) is 4.81. The van der Waals surface area contributed by atoms with Crippen LogP contribution >= 0.6 is 11.8 Å². The molecule has 0 heterocycles. The third kappa shape index (κ3) is 6.44. The van der Waals surface area contributed by atoms with Crippen LogP contribution in [0, 0.1) is 5.92 Å². The molecule has 90 valence electrons. The monoisotopic (exact) mass is 232 g/mol. The van der Waals surface area contributed by atoms with Crippen molar-refractivity contribution in [3.8, 4) is 0 Å². The second kappa shape index (κ2) is 7.53. The maximum atomic E-state index is 9.36. The molecule has 0 radical (unpaired) electrons. The molecule has 3 heteroatoms. The Morgan fingerprint density at radius 1 is 1.27 bits per heavy atom. The molecular weight excluding hydrogens is 208 g/mol. The van der Waals surface area contributed by atoms with Crippen molar-refractivity contribution in [3.63, 3.8) is 0 Å². The average Bonchev–Trinajstić information content (AvgIpc) is 2.20. The first-order valence-electron chi connectivity index (χ1n) is 6.06. The summed E-state index contributed by atoms with van der Waals surface area (Å²) in [6.45, 7) is 5.33. The second-order valence-corrected chi connectivity index (χ2v) is 6.04. The molecule has 1 aliphatic rings. The predicted octanol–water partition coefficient (Wildman–Crippen LogP) is 3.04. The molecule has 0 saturated heterocycles. The van der Waals surface area contributed by atoms with Crippen LogP contribution in [0.3, 0.4) is 0 Å². The van der Waals surface area contributed by atoms with Crippen molar-refractivity contribution in [1.82, 2.24) is 0 Å². The normalized spacial score (nSPS) is 27.2. The van der Waals surface area contributed by atoms with E-state index in [0.29, 0.717) is 5.25 Å². The van der Waals surface area contributed by atoms with E-state index < -0.39 is 0 Å². The number of thioether (sulfide) groups is 1. The smallest absolute Gasteiger partial charge is 0.0923 e. The summed E-state index contributed by atoms with van der Waals surface area (Å²) in [5, 5.41) is 10.1. The Balaban J connectivity index is 1.91. The van der Waals surface area contributed by atoms with Crippen molar-refractivity contribution in [2.24, 2.45) is 5.92 Å². The number of aliphatic hydroxyl groups excluding tert-OH is 1. The van der Waals surface area contributed by atoms with Gasteiger partial charge in [0.25, 0.3) is 0 Å². The molecule has 1 rings (SSSR count). The molecule has 0 aromatic carbocycles. The first-order chi connectivity index (χ1) is 7.18. The fraction of sp³-hybridized carbons (Fsp3) is 1.00. The summed E-state index contributed by atoms with van der Waals surface area (Å²) in [7, 11) is 0. The van der Waals surface area contributed by atoms with Crippen molar-refractivity contribution in [2.75, 3.05) is 12.5 Å². The van der Waals surface area contributed by atoms with Crippen LogP contribution in [0.4, 0.5) is 0 Å². The van der Waals surface area contributed by atoms with E-state index in [4.69, 9.17) is 4.74 Å². The minimum atomic E-state index is -0.0382. The van der Waals surface area contributed by atoms with Gasteiger partial charge in [-0.2, -0.15) is 0 Å². The van der Waals surface area contributed by atoms with E-state index in [1.807, 2.05) is 11.8 Å². The summed E-state index contributed by atoms with van der Waals surface area (Å²) in [5.74, 6) is 1.56. The fourth-order valence-electron chi connectivity index (χ4n) is 1.73. The third-order valence-corrected chi connectivity index (χ3v) is 4.12. The van der Waals surface area contributed by atoms with E-state index in [0.717, 1.165) is 50.6 Å². The largest absolute Gasteiger partial charge is 0.393 e. The lowest BCUT2D eigenvalue weighted by molar-refractivity contribution is 0.131. The summed E-state index contributed by atoms with van der Waals surface area (Å²) < 4.78 is 5.57. The summed E-state index contributed by atoms with van der Waals surface area (Å²) in [4.78, 5) is 0. The molecule has 0 aromatic heterocycles. The van der Waals surface area contributed by atoms with Gasteiger partial charge in [-0.15, -0.1) is 11.8 Å². The Bertz CT molecular complexity index is 154. The molecule has 15 heavy (non-hydrogen) atoms. The minimum absolute atomic E-state index is 0.0382. The molecule has 0 unspecified atom stereocenters. The van der Waals surface area contributed by atoms with Crippen LogP contribution in [-0.2, 0) is 4.74 Å². The highest BCUT2D eigenvalue weighted by atomic mass is 32.2. The summed E-state index contributed by atoms with van der Waals surface area (Å²) in [6, 6.07) is 0. The van der Waals surface area contributed by atoms with Gasteiger partial charge in [0.1, 0.15) is 0 Å². The number of aliphatic hydroxyl groups is 1. The number of hydrogen-bond donors (Lipinski definition) is 1. The van der Waals surface area contributed by atoms with Crippen LogP contribution < -0.4 is 0 Å². The maximum Gasteiger partial charge on any atom is 0.0923 e. The average molecular weight is 232 g/mol. The van der Waals surface area contributed by atoms with E-state index >= 15 is 0 Å². The van der Waals surface area contributed by atoms with Gasteiger partial charge in [0.15, 0.2) is 0 Å². The lowest BCUT2D eigenvalue weighted by atomic mass is 9.97. The first-order valence-corrected chi connectivity index (χ1v) is 7.10. The van der Waals surface area contributed by atoms with Crippen LogP contribution in [0.5, 0.6) is 0 Å². The zero-order valence-electron chi connectivity index (χ0n) is 9.95. The Morgan fingerprint density at radius 2 is 1.93 bits per heavy atom. The highest BCUT2D eigenvalue weighted by Gasteiger charge is 2.19. The van der Waals surface area contributed by atoms with Crippen LogP contribution in [0.2, 0.25) is 0 Å². The van der Waals surface area contributed by atoms with Crippen molar-refractivity contribution >= 4 is 11.8 Å². The van der Waals surface area contributed by atoms with Gasteiger partial charge in [-0.25, -0.2) is 0 Å². The number of hydrogen-bond acceptors (Lipinski definition) is 3. The predicted molar refractivity (Wildman–Crippen MR) is 66.1 cm³/mol. The molecule has 1 fully saturated rings. The molecule has 1 saturated carbocycles. The van der Waals surface area contributed by atoms with Crippen molar-refractivity contribution in [2.45, 2.75) is 57.3 Å². The van der Waals surface area contributed by atoms with Gasteiger partial charge in [0, 0.05) is 11.9 Å². The first kappa shape index (κ1) is 13.3. The van der Waals surface area contributed by atoms with Gasteiger partial charge in [0.05, 0.1) is 12.0 Å². The topological polar surface area (TPSA) is 29.5 Å². The van der Waals surface area contributed by atoms with E-state index in [2.05, 4.69) is 13.8 Å². The highest BCUT2D eigenvalue weighted by molar-refractivity contribution is 7.99. The lowest BCUT2D eigenvalue weighted by Crippen LogP contribution is -2.20. The Morgan fingerprint density at radius 3 is 2.53 bits per heavy atom. The molecule has 1 N–H and O–H groups in total. The Hall–Kier alpha value is 0.270. The van der Waals surface area contributed by atoms with Gasteiger partial charge in [-0.3, -0.25) is 0 Å². The van der Waals surface area contributed by atoms with Crippen molar-refractivity contribution in [3.05, 3.63) is 0 Å². The van der Waals surface area contributed by atoms with Crippen LogP contribution in [-0.4, -0.2) is 29.0 Å². The molecule has 0 aliphatic heterocycles. The Labute approximate surface area is 97.8 Å². The Kier molecular flexibility index (Phi) is 6.69. The fourth-order valence-corrected chi connectivity index (χ4v) is 2.75. The molecule has 0 amide bonds. The van der Waals surface area contributed by atoms with Gasteiger partial charge in [0.2, 0.25) is 0 Å². The van der Waals surface area contributed by atoms with Crippen LogP contribution in [0.1, 0.15) is 46.0 Å². The summed E-state index contributed by atoms with van der Waals surface area (Å²) in [5.41, 5.74) is 0. The summed E-state index contributed by atoms with van der Waals surface area (Å²) in [6.07, 6.45) is 5.37. The molecule has 0 spiro atoms. The van der Waals surface area contributed by atoms with Crippen molar-refractivity contribution in [1.29, 1.82) is 0 Å². The molecular formula is C12H24O2S. The van der Waals surface area contributed by atoms with Crippen molar-refractivity contribution < 1.29 is 9.84 Å². The maximum absolute atomic E-state index is 9.36. The van der Waals surface area contributed by atoms with E-state index in [1.54, 1.807) is 0 Å². The highest BCUT2D eigenvalue weighted by Crippen LogP contribution is 2.28. The number of rotatable bonds is 6. The quantitative estimate of drug-likeness (QED) is 0.564. The molecule has 0 bridgehead atoms. The zero-order valence-corrected chi connectivity index (χ0v) is 10.8. The SMILES string of the molecule is CC(C)CCOCSC1CCC(O)CC1. The van der Waals surface area contributed by atoms with Gasteiger partial charge in [-0.05, 0) is 38.0 Å². The van der Waals surface area contributed by atoms with Gasteiger partial charge in [-0.1, -0.05) is 13.8 Å². The van der Waals surface area contributed by atoms with Gasteiger partial charge < -0.3 is 9.84 Å². The van der Waals surface area contributed by atoms with Crippen LogP contribution in [0.15, 0.2) is 0 Å². The lowest BCUT2D eigenvalue weighted by Gasteiger charge is -2.24. The number of ether oxygens (including phenoxy) is 1. The van der Waals surface area contributed by atoms with E-state index in [9.17, 15) is 5.11 Å². The minimum Gasteiger partial charge on any atom is -0.393 e. The van der Waals surface area contributed by atoms with Gasteiger partial charge >= 0.3 is 0 Å². The summed E-state index contributed by atoms with van der Waals surface area (Å²) >= 11 is 1.92. The third-order valence-electron chi connectivity index (χ3n) is 2.87. The van der Waals surface area contributed by atoms with E-state index in [1.165, 1.54) is 0 Å². The zero-order chi connectivity index (χ0) is 11.1. The molecule has 0 aromatic rings. The molecule has 1 aliphatic carbocycles. The van der Waals surface area contributed by atoms with Crippen LogP contribution in [0.25, 0.3) is 0 Å². The van der Waals surface area contributed by atoms with E-state index in [-0.39, 0.29) is 6.10 Å². The standard InChI is InChI=1S/C12H24O2S/c1-10(2)7-8-14-9-15-12-5-3-11(13)4-6-12/h10-13H,3-9H2,1-2H3.